The number of hydrogen-bond donors (Lipinski definition) is 0. The van der Waals surface area contributed by atoms with Gasteiger partial charge in [-0.2, -0.15) is 0 Å². The second-order valence-electron chi connectivity index (χ2n) is 5.90. The average Bonchev–Trinajstić information content (AvgIpc) is 2.99. The molecule has 0 spiro atoms. The molecule has 0 saturated carbocycles. The van der Waals surface area contributed by atoms with Crippen LogP contribution in [0, 0.1) is 0 Å². The molecule has 1 aromatic carbocycles. The SMILES string of the molecule is CN1C(=O)c2ccc(C(=O)N(C)C3CCS(=O)(=O)C3)cc2C1=O. The number of fused-ring (bicyclic) bond motifs is 1. The van der Waals surface area contributed by atoms with Crippen LogP contribution in [0.3, 0.4) is 0 Å². The highest BCUT2D eigenvalue weighted by Gasteiger charge is 2.35. The van der Waals surface area contributed by atoms with Crippen LogP contribution < -0.4 is 0 Å². The molecule has 1 saturated heterocycles. The standard InChI is InChI=1S/C15H16N2O5S/c1-16(10-5-6-23(21,22)8-10)13(18)9-3-4-11-12(7-9)15(20)17(2)14(11)19/h3-4,7,10H,5-6,8H2,1-2H3. The molecule has 8 heteroatoms. The molecule has 0 radical (unpaired) electrons. The summed E-state index contributed by atoms with van der Waals surface area (Å²) in [5, 5.41) is 0. The number of carbonyl (C=O) groups excluding carboxylic acids is 3. The molecule has 2 aliphatic heterocycles. The largest absolute Gasteiger partial charge is 0.338 e. The summed E-state index contributed by atoms with van der Waals surface area (Å²) in [6.07, 6.45) is 0.412. The van der Waals surface area contributed by atoms with Gasteiger partial charge in [0, 0.05) is 25.7 Å². The fourth-order valence-electron chi connectivity index (χ4n) is 2.94. The summed E-state index contributed by atoms with van der Waals surface area (Å²) in [4.78, 5) is 38.8. The summed E-state index contributed by atoms with van der Waals surface area (Å²) in [6.45, 7) is 0. The van der Waals surface area contributed by atoms with Gasteiger partial charge in [-0.15, -0.1) is 0 Å². The van der Waals surface area contributed by atoms with E-state index in [2.05, 4.69) is 0 Å². The van der Waals surface area contributed by atoms with Crippen molar-refractivity contribution >= 4 is 27.6 Å². The van der Waals surface area contributed by atoms with Crippen molar-refractivity contribution in [2.24, 2.45) is 0 Å². The lowest BCUT2D eigenvalue weighted by atomic mass is 10.0. The number of sulfone groups is 1. The molecule has 122 valence electrons. The van der Waals surface area contributed by atoms with Crippen LogP contribution in [0.4, 0.5) is 0 Å². The van der Waals surface area contributed by atoms with E-state index in [1.54, 1.807) is 7.05 Å². The number of nitrogens with zero attached hydrogens (tertiary/aromatic N) is 2. The lowest BCUT2D eigenvalue weighted by molar-refractivity contribution is 0.0692. The number of benzene rings is 1. The maximum Gasteiger partial charge on any atom is 0.261 e. The van der Waals surface area contributed by atoms with Crippen LogP contribution in [-0.2, 0) is 9.84 Å². The third kappa shape index (κ3) is 2.52. The van der Waals surface area contributed by atoms with E-state index >= 15 is 0 Å². The highest BCUT2D eigenvalue weighted by molar-refractivity contribution is 7.91. The van der Waals surface area contributed by atoms with Gasteiger partial charge in [0.2, 0.25) is 0 Å². The maximum absolute atomic E-state index is 12.5. The van der Waals surface area contributed by atoms with Crippen LogP contribution in [-0.4, -0.2) is 67.6 Å². The highest BCUT2D eigenvalue weighted by Crippen LogP contribution is 2.24. The Morgan fingerprint density at radius 1 is 1.22 bits per heavy atom. The van der Waals surface area contributed by atoms with E-state index in [4.69, 9.17) is 0 Å². The smallest absolute Gasteiger partial charge is 0.261 e. The van der Waals surface area contributed by atoms with Gasteiger partial charge < -0.3 is 4.90 Å². The normalized spacial score (nSPS) is 22.3. The van der Waals surface area contributed by atoms with Crippen LogP contribution in [0.25, 0.3) is 0 Å². The first-order valence-corrected chi connectivity index (χ1v) is 8.97. The van der Waals surface area contributed by atoms with E-state index in [9.17, 15) is 22.8 Å². The van der Waals surface area contributed by atoms with Gasteiger partial charge in [-0.3, -0.25) is 19.3 Å². The summed E-state index contributed by atoms with van der Waals surface area (Å²) in [6, 6.07) is 4.00. The number of amides is 3. The van der Waals surface area contributed by atoms with E-state index in [1.165, 1.54) is 30.1 Å². The third-order valence-electron chi connectivity index (χ3n) is 4.41. The van der Waals surface area contributed by atoms with E-state index in [0.717, 1.165) is 4.90 Å². The third-order valence-corrected chi connectivity index (χ3v) is 6.16. The number of carbonyl (C=O) groups is 3. The molecule has 1 fully saturated rings. The molecule has 0 N–H and O–H groups in total. The Hall–Kier alpha value is -2.22. The van der Waals surface area contributed by atoms with Gasteiger partial charge in [0.05, 0.1) is 22.6 Å². The van der Waals surface area contributed by atoms with E-state index in [0.29, 0.717) is 6.42 Å². The van der Waals surface area contributed by atoms with Crippen LogP contribution in [0.1, 0.15) is 37.5 Å². The summed E-state index contributed by atoms with van der Waals surface area (Å²) in [5.74, 6) is -1.15. The molecule has 0 aliphatic carbocycles. The molecule has 7 nitrogen and oxygen atoms in total. The molecule has 1 aromatic rings. The van der Waals surface area contributed by atoms with Gasteiger partial charge in [0.15, 0.2) is 9.84 Å². The highest BCUT2D eigenvalue weighted by atomic mass is 32.2. The van der Waals surface area contributed by atoms with Crippen molar-refractivity contribution in [2.45, 2.75) is 12.5 Å². The first kappa shape index (κ1) is 15.7. The van der Waals surface area contributed by atoms with Crippen molar-refractivity contribution in [3.8, 4) is 0 Å². The van der Waals surface area contributed by atoms with Gasteiger partial charge in [0.1, 0.15) is 0 Å². The topological polar surface area (TPSA) is 91.8 Å². The Balaban J connectivity index is 1.87. The first-order valence-electron chi connectivity index (χ1n) is 7.15. The van der Waals surface area contributed by atoms with Gasteiger partial charge in [-0.1, -0.05) is 0 Å². The minimum atomic E-state index is -3.09. The molecular weight excluding hydrogens is 320 g/mol. The lowest BCUT2D eigenvalue weighted by Gasteiger charge is -2.23. The van der Waals surface area contributed by atoms with E-state index in [1.807, 2.05) is 0 Å². The fraction of sp³-hybridized carbons (Fsp3) is 0.400. The zero-order valence-corrected chi connectivity index (χ0v) is 13.6. The summed E-state index contributed by atoms with van der Waals surface area (Å²) >= 11 is 0. The fourth-order valence-corrected chi connectivity index (χ4v) is 4.72. The Bertz CT molecular complexity index is 830. The summed E-state index contributed by atoms with van der Waals surface area (Å²) in [5.41, 5.74) is 0.753. The average molecular weight is 336 g/mol. The molecule has 3 amide bonds. The van der Waals surface area contributed by atoms with Crippen LogP contribution >= 0.6 is 0 Å². The molecule has 2 aliphatic rings. The van der Waals surface area contributed by atoms with Crippen molar-refractivity contribution in [1.29, 1.82) is 0 Å². The molecule has 0 bridgehead atoms. The Morgan fingerprint density at radius 2 is 1.87 bits per heavy atom. The van der Waals surface area contributed by atoms with Gasteiger partial charge >= 0.3 is 0 Å². The van der Waals surface area contributed by atoms with E-state index < -0.39 is 15.7 Å². The first-order chi connectivity index (χ1) is 10.7. The molecule has 2 heterocycles. The van der Waals surface area contributed by atoms with Gasteiger partial charge in [0.25, 0.3) is 17.7 Å². The summed E-state index contributed by atoms with van der Waals surface area (Å²) < 4.78 is 23.1. The molecule has 0 aromatic heterocycles. The number of rotatable bonds is 2. The Morgan fingerprint density at radius 3 is 2.48 bits per heavy atom. The maximum atomic E-state index is 12.5. The minimum Gasteiger partial charge on any atom is -0.338 e. The molecule has 23 heavy (non-hydrogen) atoms. The van der Waals surface area contributed by atoms with Crippen molar-refractivity contribution in [2.75, 3.05) is 25.6 Å². The number of hydrogen-bond acceptors (Lipinski definition) is 5. The predicted octanol–water partition coefficient (Wildman–Crippen LogP) is 0.171. The Labute approximate surface area is 133 Å². The zero-order valence-electron chi connectivity index (χ0n) is 12.8. The summed E-state index contributed by atoms with van der Waals surface area (Å²) in [7, 11) is -0.142. The van der Waals surface area contributed by atoms with Crippen LogP contribution in [0.5, 0.6) is 0 Å². The van der Waals surface area contributed by atoms with Gasteiger partial charge in [-0.05, 0) is 24.6 Å². The second-order valence-corrected chi connectivity index (χ2v) is 8.13. The van der Waals surface area contributed by atoms with Crippen molar-refractivity contribution in [3.05, 3.63) is 34.9 Å². The van der Waals surface area contributed by atoms with Crippen molar-refractivity contribution in [1.82, 2.24) is 9.80 Å². The van der Waals surface area contributed by atoms with Crippen molar-refractivity contribution in [3.63, 3.8) is 0 Å². The van der Waals surface area contributed by atoms with Crippen LogP contribution in [0.2, 0.25) is 0 Å². The molecule has 3 rings (SSSR count). The second kappa shape index (κ2) is 5.16. The Kier molecular flexibility index (Phi) is 3.51. The molecule has 1 unspecified atom stereocenters. The molecule has 1 atom stereocenters. The van der Waals surface area contributed by atoms with Crippen LogP contribution in [0.15, 0.2) is 18.2 Å². The van der Waals surface area contributed by atoms with Crippen molar-refractivity contribution < 1.29 is 22.8 Å². The monoisotopic (exact) mass is 336 g/mol. The van der Waals surface area contributed by atoms with E-state index in [-0.39, 0.29) is 46.1 Å². The van der Waals surface area contributed by atoms with Gasteiger partial charge in [-0.25, -0.2) is 8.42 Å². The zero-order chi connectivity index (χ0) is 16.9. The minimum absolute atomic E-state index is 0.0413. The molecular formula is C15H16N2O5S. The lowest BCUT2D eigenvalue weighted by Crippen LogP contribution is -2.37. The number of imide groups is 1. The quantitative estimate of drug-likeness (QED) is 0.718. The predicted molar refractivity (Wildman–Crippen MR) is 82.0 cm³/mol.